The molecule has 2 saturated carbocycles. The SMILES string of the molecule is CC1COc2ccccc2C1NCC(C1CC1)C1CC1. The van der Waals surface area contributed by atoms with Gasteiger partial charge in [-0.3, -0.25) is 0 Å². The van der Waals surface area contributed by atoms with E-state index in [0.717, 1.165) is 30.1 Å². The Morgan fingerprint density at radius 2 is 1.85 bits per heavy atom. The van der Waals surface area contributed by atoms with Crippen molar-refractivity contribution in [3.05, 3.63) is 29.8 Å². The second kappa shape index (κ2) is 5.07. The third-order valence-corrected chi connectivity index (χ3v) is 5.35. The van der Waals surface area contributed by atoms with Crippen LogP contribution in [0.2, 0.25) is 0 Å². The number of hydrogen-bond acceptors (Lipinski definition) is 2. The Morgan fingerprint density at radius 3 is 2.55 bits per heavy atom. The average Bonchev–Trinajstić information content (AvgIpc) is 3.35. The summed E-state index contributed by atoms with van der Waals surface area (Å²) in [5.74, 6) is 4.64. The highest BCUT2D eigenvalue weighted by atomic mass is 16.5. The molecule has 4 rings (SSSR count). The van der Waals surface area contributed by atoms with Gasteiger partial charge < -0.3 is 10.1 Å². The molecular weight excluding hydrogens is 246 g/mol. The van der Waals surface area contributed by atoms with E-state index < -0.39 is 0 Å². The van der Waals surface area contributed by atoms with Crippen LogP contribution >= 0.6 is 0 Å². The van der Waals surface area contributed by atoms with Gasteiger partial charge in [-0.05, 0) is 56.0 Å². The second-order valence-electron chi connectivity index (χ2n) is 7.05. The summed E-state index contributed by atoms with van der Waals surface area (Å²) in [4.78, 5) is 0. The van der Waals surface area contributed by atoms with Crippen LogP contribution in [-0.2, 0) is 0 Å². The lowest BCUT2D eigenvalue weighted by Crippen LogP contribution is -2.37. The van der Waals surface area contributed by atoms with E-state index in [0.29, 0.717) is 12.0 Å². The Labute approximate surface area is 121 Å². The van der Waals surface area contributed by atoms with Gasteiger partial charge in [0.1, 0.15) is 5.75 Å². The minimum Gasteiger partial charge on any atom is -0.493 e. The average molecular weight is 271 g/mol. The summed E-state index contributed by atoms with van der Waals surface area (Å²) >= 11 is 0. The molecule has 0 bridgehead atoms. The molecular formula is C18H25NO. The monoisotopic (exact) mass is 271 g/mol. The second-order valence-corrected chi connectivity index (χ2v) is 7.05. The minimum absolute atomic E-state index is 0.472. The molecule has 2 nitrogen and oxygen atoms in total. The minimum atomic E-state index is 0.472. The molecule has 20 heavy (non-hydrogen) atoms. The van der Waals surface area contributed by atoms with Crippen LogP contribution in [0.4, 0.5) is 0 Å². The predicted molar refractivity (Wildman–Crippen MR) is 80.8 cm³/mol. The van der Waals surface area contributed by atoms with Crippen molar-refractivity contribution in [1.29, 1.82) is 0 Å². The predicted octanol–water partition coefficient (Wildman–Crippen LogP) is 3.78. The third-order valence-electron chi connectivity index (χ3n) is 5.35. The Balaban J connectivity index is 1.47. The van der Waals surface area contributed by atoms with Crippen LogP contribution in [0.1, 0.15) is 44.2 Å². The lowest BCUT2D eigenvalue weighted by Gasteiger charge is -2.33. The van der Waals surface area contributed by atoms with Crippen molar-refractivity contribution in [2.75, 3.05) is 13.2 Å². The third kappa shape index (κ3) is 2.46. The Morgan fingerprint density at radius 1 is 1.15 bits per heavy atom. The molecule has 2 aliphatic carbocycles. The summed E-state index contributed by atoms with van der Waals surface area (Å²) in [6.45, 7) is 4.35. The van der Waals surface area contributed by atoms with Gasteiger partial charge >= 0.3 is 0 Å². The molecule has 2 heteroatoms. The summed E-state index contributed by atoms with van der Waals surface area (Å²) in [6, 6.07) is 9.01. The van der Waals surface area contributed by atoms with Gasteiger partial charge in [-0.1, -0.05) is 25.1 Å². The Bertz CT molecular complexity index is 466. The van der Waals surface area contributed by atoms with Crippen LogP contribution in [-0.4, -0.2) is 13.2 Å². The maximum absolute atomic E-state index is 5.85. The molecule has 1 heterocycles. The van der Waals surface area contributed by atoms with Crippen LogP contribution in [0, 0.1) is 23.7 Å². The van der Waals surface area contributed by atoms with Gasteiger partial charge in [0.15, 0.2) is 0 Å². The molecule has 0 saturated heterocycles. The number of benzene rings is 1. The van der Waals surface area contributed by atoms with Gasteiger partial charge in [0.25, 0.3) is 0 Å². The number of para-hydroxylation sites is 1. The summed E-state index contributed by atoms with van der Waals surface area (Å²) in [7, 11) is 0. The Hall–Kier alpha value is -1.02. The van der Waals surface area contributed by atoms with Crippen LogP contribution in [0.3, 0.4) is 0 Å². The van der Waals surface area contributed by atoms with Gasteiger partial charge in [-0.25, -0.2) is 0 Å². The molecule has 2 atom stereocenters. The van der Waals surface area contributed by atoms with Crippen molar-refractivity contribution in [1.82, 2.24) is 5.32 Å². The zero-order valence-electron chi connectivity index (χ0n) is 12.3. The maximum atomic E-state index is 5.85. The quantitative estimate of drug-likeness (QED) is 0.880. The molecule has 2 unspecified atom stereocenters. The topological polar surface area (TPSA) is 21.3 Å². The van der Waals surface area contributed by atoms with Crippen molar-refractivity contribution in [3.8, 4) is 5.75 Å². The summed E-state index contributed by atoms with van der Waals surface area (Å²) < 4.78 is 5.85. The number of rotatable bonds is 5. The fourth-order valence-electron chi connectivity index (χ4n) is 3.83. The van der Waals surface area contributed by atoms with Gasteiger partial charge in [-0.15, -0.1) is 0 Å². The molecule has 1 aliphatic heterocycles. The largest absolute Gasteiger partial charge is 0.493 e. The summed E-state index contributed by atoms with van der Waals surface area (Å²) in [6.07, 6.45) is 5.90. The highest BCUT2D eigenvalue weighted by molar-refractivity contribution is 5.37. The van der Waals surface area contributed by atoms with Crippen molar-refractivity contribution in [2.45, 2.75) is 38.6 Å². The first kappa shape index (κ1) is 12.7. The number of hydrogen-bond donors (Lipinski definition) is 1. The molecule has 2 fully saturated rings. The number of nitrogens with one attached hydrogen (secondary N) is 1. The summed E-state index contributed by atoms with van der Waals surface area (Å²) in [5, 5.41) is 3.89. The van der Waals surface area contributed by atoms with Gasteiger partial charge in [0.05, 0.1) is 6.61 Å². The zero-order chi connectivity index (χ0) is 13.5. The van der Waals surface area contributed by atoms with Gasteiger partial charge in [0, 0.05) is 17.5 Å². The fraction of sp³-hybridized carbons (Fsp3) is 0.667. The lowest BCUT2D eigenvalue weighted by atomic mass is 9.90. The highest BCUT2D eigenvalue weighted by Gasteiger charge is 2.41. The number of fused-ring (bicyclic) bond motifs is 1. The van der Waals surface area contributed by atoms with Crippen LogP contribution in [0.5, 0.6) is 5.75 Å². The highest BCUT2D eigenvalue weighted by Crippen LogP contribution is 2.49. The van der Waals surface area contributed by atoms with E-state index in [9.17, 15) is 0 Å². The molecule has 0 radical (unpaired) electrons. The van der Waals surface area contributed by atoms with E-state index in [1.165, 1.54) is 37.8 Å². The molecule has 1 aromatic carbocycles. The standard InChI is InChI=1S/C18H25NO/c1-12-11-20-17-5-3-2-4-15(17)18(12)19-10-16(13-6-7-13)14-8-9-14/h2-5,12-14,16,18-19H,6-11H2,1H3. The zero-order valence-corrected chi connectivity index (χ0v) is 12.3. The first-order valence-electron chi connectivity index (χ1n) is 8.28. The summed E-state index contributed by atoms with van der Waals surface area (Å²) in [5.41, 5.74) is 1.36. The van der Waals surface area contributed by atoms with Gasteiger partial charge in [-0.2, -0.15) is 0 Å². The first-order chi connectivity index (χ1) is 9.83. The molecule has 1 aromatic rings. The molecule has 0 amide bonds. The van der Waals surface area contributed by atoms with E-state index >= 15 is 0 Å². The Kier molecular flexibility index (Phi) is 3.22. The van der Waals surface area contributed by atoms with Crippen molar-refractivity contribution >= 4 is 0 Å². The van der Waals surface area contributed by atoms with E-state index in [1.54, 1.807) is 0 Å². The normalized spacial score (nSPS) is 29.1. The smallest absolute Gasteiger partial charge is 0.124 e. The van der Waals surface area contributed by atoms with Crippen molar-refractivity contribution < 1.29 is 4.74 Å². The molecule has 108 valence electrons. The van der Waals surface area contributed by atoms with Gasteiger partial charge in [0.2, 0.25) is 0 Å². The van der Waals surface area contributed by atoms with E-state index in [2.05, 4.69) is 36.5 Å². The van der Waals surface area contributed by atoms with Crippen LogP contribution in [0.25, 0.3) is 0 Å². The number of ether oxygens (including phenoxy) is 1. The molecule has 0 spiro atoms. The van der Waals surface area contributed by atoms with Crippen LogP contribution in [0.15, 0.2) is 24.3 Å². The van der Waals surface area contributed by atoms with Crippen molar-refractivity contribution in [2.24, 2.45) is 23.7 Å². The molecule has 0 aromatic heterocycles. The molecule has 3 aliphatic rings. The van der Waals surface area contributed by atoms with Crippen molar-refractivity contribution in [3.63, 3.8) is 0 Å². The lowest BCUT2D eigenvalue weighted by molar-refractivity contribution is 0.181. The first-order valence-corrected chi connectivity index (χ1v) is 8.28. The maximum Gasteiger partial charge on any atom is 0.124 e. The molecule has 1 N–H and O–H groups in total. The fourth-order valence-corrected chi connectivity index (χ4v) is 3.83. The van der Waals surface area contributed by atoms with E-state index in [1.807, 2.05) is 0 Å². The van der Waals surface area contributed by atoms with E-state index in [4.69, 9.17) is 4.74 Å². The van der Waals surface area contributed by atoms with Crippen LogP contribution < -0.4 is 10.1 Å². The van der Waals surface area contributed by atoms with E-state index in [-0.39, 0.29) is 0 Å².